The third kappa shape index (κ3) is 2.15. The van der Waals surface area contributed by atoms with Crippen molar-refractivity contribution in [3.63, 3.8) is 0 Å². The summed E-state index contributed by atoms with van der Waals surface area (Å²) < 4.78 is 0. The lowest BCUT2D eigenvalue weighted by molar-refractivity contribution is 1.09. The molecule has 3 aromatic rings. The molecule has 3 rings (SSSR count). The molecule has 0 saturated heterocycles. The Morgan fingerprint density at radius 3 is 2.68 bits per heavy atom. The molecule has 0 aliphatic rings. The molecule has 2 aromatic heterocycles. The van der Waals surface area contributed by atoms with Crippen molar-refractivity contribution in [1.29, 1.82) is 0 Å². The van der Waals surface area contributed by atoms with Gasteiger partial charge in [-0.1, -0.05) is 23.8 Å². The molecule has 0 atom stereocenters. The van der Waals surface area contributed by atoms with E-state index in [1.54, 1.807) is 0 Å². The van der Waals surface area contributed by atoms with E-state index in [1.807, 2.05) is 24.7 Å². The van der Waals surface area contributed by atoms with Gasteiger partial charge in [0.1, 0.15) is 0 Å². The number of aromatic amines is 1. The minimum absolute atomic E-state index is 1.05. The first-order valence-corrected chi connectivity index (χ1v) is 6.27. The predicted octanol–water partition coefficient (Wildman–Crippen LogP) is 3.76. The van der Waals surface area contributed by atoms with Crippen LogP contribution in [0.4, 0.5) is 0 Å². The minimum Gasteiger partial charge on any atom is -0.277 e. The van der Waals surface area contributed by atoms with Crippen LogP contribution in [0.25, 0.3) is 22.4 Å². The fraction of sp³-hybridized carbons (Fsp3) is 0.125. The summed E-state index contributed by atoms with van der Waals surface area (Å²) >= 11 is 0. The topological polar surface area (TPSA) is 41.6 Å². The van der Waals surface area contributed by atoms with Crippen molar-refractivity contribution < 1.29 is 0 Å². The second kappa shape index (κ2) is 4.69. The minimum atomic E-state index is 1.05. The number of rotatable bonds is 2. The van der Waals surface area contributed by atoms with E-state index in [0.717, 1.165) is 22.4 Å². The van der Waals surface area contributed by atoms with Crippen LogP contribution in [0.15, 0.2) is 48.9 Å². The second-order valence-electron chi connectivity index (χ2n) is 4.72. The van der Waals surface area contributed by atoms with E-state index in [1.165, 1.54) is 11.1 Å². The van der Waals surface area contributed by atoms with Gasteiger partial charge < -0.3 is 0 Å². The highest BCUT2D eigenvalue weighted by Crippen LogP contribution is 2.31. The molecular formula is C16H15N3. The van der Waals surface area contributed by atoms with Crippen LogP contribution in [0.2, 0.25) is 0 Å². The van der Waals surface area contributed by atoms with Crippen molar-refractivity contribution >= 4 is 0 Å². The summed E-state index contributed by atoms with van der Waals surface area (Å²) in [6.45, 7) is 4.16. The second-order valence-corrected chi connectivity index (χ2v) is 4.72. The summed E-state index contributed by atoms with van der Waals surface area (Å²) in [4.78, 5) is 4.14. The van der Waals surface area contributed by atoms with Gasteiger partial charge in [-0.2, -0.15) is 5.10 Å². The Morgan fingerprint density at radius 1 is 1.00 bits per heavy atom. The van der Waals surface area contributed by atoms with E-state index < -0.39 is 0 Å². The van der Waals surface area contributed by atoms with Crippen LogP contribution in [0.3, 0.4) is 0 Å². The monoisotopic (exact) mass is 249 g/mol. The SMILES string of the molecule is Cc1cccc(-c2[nH]ncc2-c2ccncc2C)c1. The Kier molecular flexibility index (Phi) is 2.88. The molecule has 3 nitrogen and oxygen atoms in total. The van der Waals surface area contributed by atoms with E-state index in [9.17, 15) is 0 Å². The fourth-order valence-corrected chi connectivity index (χ4v) is 2.29. The number of nitrogens with zero attached hydrogens (tertiary/aromatic N) is 2. The van der Waals surface area contributed by atoms with E-state index in [4.69, 9.17) is 0 Å². The zero-order valence-electron chi connectivity index (χ0n) is 11.0. The third-order valence-electron chi connectivity index (χ3n) is 3.26. The molecular weight excluding hydrogens is 234 g/mol. The number of hydrogen-bond donors (Lipinski definition) is 1. The number of pyridine rings is 1. The molecule has 19 heavy (non-hydrogen) atoms. The van der Waals surface area contributed by atoms with Gasteiger partial charge in [0.2, 0.25) is 0 Å². The van der Waals surface area contributed by atoms with Gasteiger partial charge in [-0.05, 0) is 37.1 Å². The number of H-pyrrole nitrogens is 1. The van der Waals surface area contributed by atoms with Crippen molar-refractivity contribution in [2.24, 2.45) is 0 Å². The van der Waals surface area contributed by atoms with Crippen LogP contribution in [0.5, 0.6) is 0 Å². The van der Waals surface area contributed by atoms with Crippen molar-refractivity contribution in [3.05, 3.63) is 60.0 Å². The van der Waals surface area contributed by atoms with Gasteiger partial charge in [0.25, 0.3) is 0 Å². The van der Waals surface area contributed by atoms with Crippen LogP contribution in [-0.4, -0.2) is 15.2 Å². The molecule has 0 fully saturated rings. The fourth-order valence-electron chi connectivity index (χ4n) is 2.29. The molecule has 0 bridgehead atoms. The lowest BCUT2D eigenvalue weighted by Gasteiger charge is -2.06. The zero-order chi connectivity index (χ0) is 13.2. The van der Waals surface area contributed by atoms with Crippen LogP contribution < -0.4 is 0 Å². The molecule has 0 radical (unpaired) electrons. The summed E-state index contributed by atoms with van der Waals surface area (Å²) in [5, 5.41) is 7.30. The van der Waals surface area contributed by atoms with Crippen LogP contribution in [0, 0.1) is 13.8 Å². The Hall–Kier alpha value is -2.42. The first-order valence-electron chi connectivity index (χ1n) is 6.27. The van der Waals surface area contributed by atoms with Crippen molar-refractivity contribution in [2.45, 2.75) is 13.8 Å². The molecule has 0 spiro atoms. The highest BCUT2D eigenvalue weighted by atomic mass is 15.1. The summed E-state index contributed by atoms with van der Waals surface area (Å²) in [5.41, 5.74) is 6.88. The number of hydrogen-bond acceptors (Lipinski definition) is 2. The maximum absolute atomic E-state index is 4.20. The first kappa shape index (κ1) is 11.7. The van der Waals surface area contributed by atoms with Gasteiger partial charge in [0.15, 0.2) is 0 Å². The number of nitrogens with one attached hydrogen (secondary N) is 1. The third-order valence-corrected chi connectivity index (χ3v) is 3.26. The molecule has 0 saturated carbocycles. The molecule has 1 N–H and O–H groups in total. The van der Waals surface area contributed by atoms with Crippen molar-refractivity contribution in [1.82, 2.24) is 15.2 Å². The molecule has 1 aromatic carbocycles. The Labute approximate surface area is 112 Å². The Morgan fingerprint density at radius 2 is 1.89 bits per heavy atom. The first-order chi connectivity index (χ1) is 9.25. The highest BCUT2D eigenvalue weighted by molar-refractivity contribution is 5.81. The van der Waals surface area contributed by atoms with Gasteiger partial charge in [-0.3, -0.25) is 10.1 Å². The molecule has 0 aliphatic carbocycles. The average Bonchev–Trinajstić information content (AvgIpc) is 2.88. The smallest absolute Gasteiger partial charge is 0.0728 e. The van der Waals surface area contributed by atoms with Crippen LogP contribution in [-0.2, 0) is 0 Å². The largest absolute Gasteiger partial charge is 0.277 e. The molecule has 3 heteroatoms. The van der Waals surface area contributed by atoms with Gasteiger partial charge in [-0.15, -0.1) is 0 Å². The van der Waals surface area contributed by atoms with E-state index in [-0.39, 0.29) is 0 Å². The number of aromatic nitrogens is 3. The van der Waals surface area contributed by atoms with Crippen molar-refractivity contribution in [2.75, 3.05) is 0 Å². The number of benzene rings is 1. The predicted molar refractivity (Wildman–Crippen MR) is 76.7 cm³/mol. The molecule has 0 aliphatic heterocycles. The summed E-state index contributed by atoms with van der Waals surface area (Å²) in [6.07, 6.45) is 5.57. The summed E-state index contributed by atoms with van der Waals surface area (Å²) in [5.74, 6) is 0. The van der Waals surface area contributed by atoms with E-state index >= 15 is 0 Å². The van der Waals surface area contributed by atoms with Crippen LogP contribution >= 0.6 is 0 Å². The normalized spacial score (nSPS) is 10.6. The summed E-state index contributed by atoms with van der Waals surface area (Å²) in [7, 11) is 0. The lowest BCUT2D eigenvalue weighted by Crippen LogP contribution is -1.87. The van der Waals surface area contributed by atoms with Gasteiger partial charge in [-0.25, -0.2) is 0 Å². The van der Waals surface area contributed by atoms with Gasteiger partial charge >= 0.3 is 0 Å². The van der Waals surface area contributed by atoms with Crippen LogP contribution in [0.1, 0.15) is 11.1 Å². The standard InChI is InChI=1S/C16H15N3/c1-11-4-3-5-13(8-11)16-15(10-18-19-16)14-6-7-17-9-12(14)2/h3-10H,1-2H3,(H,18,19). The van der Waals surface area contributed by atoms with E-state index in [0.29, 0.717) is 0 Å². The average molecular weight is 249 g/mol. The molecule has 0 amide bonds. The van der Waals surface area contributed by atoms with Crippen molar-refractivity contribution in [3.8, 4) is 22.4 Å². The highest BCUT2D eigenvalue weighted by Gasteiger charge is 2.11. The quantitative estimate of drug-likeness (QED) is 0.751. The molecule has 0 unspecified atom stereocenters. The zero-order valence-corrected chi connectivity index (χ0v) is 11.0. The number of aryl methyl sites for hydroxylation is 2. The lowest BCUT2D eigenvalue weighted by atomic mass is 9.99. The Bertz CT molecular complexity index is 713. The maximum atomic E-state index is 4.20. The van der Waals surface area contributed by atoms with Gasteiger partial charge in [0, 0.05) is 23.5 Å². The molecule has 94 valence electrons. The summed E-state index contributed by atoms with van der Waals surface area (Å²) in [6, 6.07) is 10.4. The van der Waals surface area contributed by atoms with E-state index in [2.05, 4.69) is 53.3 Å². The Balaban J connectivity index is 2.16. The molecule has 2 heterocycles. The van der Waals surface area contributed by atoms with Gasteiger partial charge in [0.05, 0.1) is 11.9 Å². The maximum Gasteiger partial charge on any atom is 0.0728 e.